The molecule has 0 aliphatic carbocycles. The highest BCUT2D eigenvalue weighted by atomic mass is 15.3. The summed E-state index contributed by atoms with van der Waals surface area (Å²) in [6.45, 7) is 11.6. The van der Waals surface area contributed by atoms with Crippen LogP contribution in [0.15, 0.2) is 0 Å². The fraction of sp³-hybridized carbons (Fsp3) is 0.833. The van der Waals surface area contributed by atoms with Gasteiger partial charge in [0.1, 0.15) is 0 Å². The molecule has 0 spiro atoms. The molecule has 0 bridgehead atoms. The molecule has 0 atom stereocenters. The van der Waals surface area contributed by atoms with Crippen LogP contribution in [0.2, 0.25) is 0 Å². The first-order valence-electron chi connectivity index (χ1n) is 5.71. The Kier molecular flexibility index (Phi) is 5.66. The molecule has 0 amide bonds. The summed E-state index contributed by atoms with van der Waals surface area (Å²) in [5.74, 6) is 6.07. The molecule has 0 saturated carbocycles. The first-order valence-corrected chi connectivity index (χ1v) is 5.71. The minimum Gasteiger partial charge on any atom is -0.301 e. The zero-order valence-electron chi connectivity index (χ0n) is 9.55. The molecule has 14 heavy (non-hydrogen) atoms. The molecule has 0 aromatic rings. The minimum atomic E-state index is 1.06. The summed E-state index contributed by atoms with van der Waals surface area (Å²) in [6, 6.07) is 0. The topological polar surface area (TPSA) is 6.48 Å². The molecule has 1 fully saturated rings. The Labute approximate surface area is 88.3 Å². The van der Waals surface area contributed by atoms with E-state index >= 15 is 0 Å². The molecule has 0 radical (unpaired) electrons. The molecule has 1 rings (SSSR count). The van der Waals surface area contributed by atoms with Crippen molar-refractivity contribution in [3.05, 3.63) is 0 Å². The third-order valence-corrected chi connectivity index (χ3v) is 2.87. The Balaban J connectivity index is 2.06. The van der Waals surface area contributed by atoms with Crippen LogP contribution < -0.4 is 0 Å². The smallest absolute Gasteiger partial charge is 0.0110 e. The molecular formula is C12H22N2. The summed E-state index contributed by atoms with van der Waals surface area (Å²) in [5.41, 5.74) is 0. The molecular weight excluding hydrogens is 172 g/mol. The van der Waals surface area contributed by atoms with Crippen molar-refractivity contribution in [2.45, 2.75) is 26.7 Å². The van der Waals surface area contributed by atoms with Gasteiger partial charge in [0.15, 0.2) is 0 Å². The third kappa shape index (κ3) is 4.13. The lowest BCUT2D eigenvalue weighted by Gasteiger charge is -2.33. The zero-order valence-corrected chi connectivity index (χ0v) is 9.55. The van der Waals surface area contributed by atoms with E-state index in [1.807, 2.05) is 6.92 Å². The normalized spacial score (nSPS) is 19.0. The molecule has 0 aromatic carbocycles. The van der Waals surface area contributed by atoms with Gasteiger partial charge in [0, 0.05) is 32.6 Å². The average molecular weight is 194 g/mol. The summed E-state index contributed by atoms with van der Waals surface area (Å²) in [6.07, 6.45) is 2.29. The summed E-state index contributed by atoms with van der Waals surface area (Å²) in [5, 5.41) is 0. The Morgan fingerprint density at radius 1 is 1.07 bits per heavy atom. The molecule has 1 aliphatic heterocycles. The van der Waals surface area contributed by atoms with Crippen LogP contribution in [-0.2, 0) is 0 Å². The maximum atomic E-state index is 3.12. The van der Waals surface area contributed by atoms with Gasteiger partial charge in [-0.25, -0.2) is 0 Å². The summed E-state index contributed by atoms with van der Waals surface area (Å²) in [7, 11) is 0. The van der Waals surface area contributed by atoms with Crippen molar-refractivity contribution in [3.63, 3.8) is 0 Å². The van der Waals surface area contributed by atoms with E-state index in [0.29, 0.717) is 0 Å². The lowest BCUT2D eigenvalue weighted by atomic mass is 10.2. The summed E-state index contributed by atoms with van der Waals surface area (Å²) < 4.78 is 0. The van der Waals surface area contributed by atoms with E-state index in [0.717, 1.165) is 6.42 Å². The fourth-order valence-corrected chi connectivity index (χ4v) is 1.85. The molecule has 2 nitrogen and oxygen atoms in total. The summed E-state index contributed by atoms with van der Waals surface area (Å²) >= 11 is 0. The van der Waals surface area contributed by atoms with E-state index in [9.17, 15) is 0 Å². The SMILES string of the molecule is CC#CCCCN1CCN(CC)CC1. The van der Waals surface area contributed by atoms with Gasteiger partial charge in [0.25, 0.3) is 0 Å². The second kappa shape index (κ2) is 6.86. The maximum Gasteiger partial charge on any atom is 0.0110 e. The second-order valence-electron chi connectivity index (χ2n) is 3.81. The van der Waals surface area contributed by atoms with Gasteiger partial charge < -0.3 is 9.80 Å². The van der Waals surface area contributed by atoms with Crippen molar-refractivity contribution in [1.82, 2.24) is 9.80 Å². The number of likely N-dealkylation sites (N-methyl/N-ethyl adjacent to an activating group) is 1. The molecule has 0 unspecified atom stereocenters. The maximum absolute atomic E-state index is 3.12. The standard InChI is InChI=1S/C12H22N2/c1-3-5-6-7-8-14-11-9-13(4-2)10-12-14/h4,6-12H2,1-2H3. The quantitative estimate of drug-likeness (QED) is 0.493. The molecule has 1 heterocycles. The van der Waals surface area contributed by atoms with Crippen molar-refractivity contribution < 1.29 is 0 Å². The molecule has 2 heteroatoms. The average Bonchev–Trinajstić information content (AvgIpc) is 2.25. The highest BCUT2D eigenvalue weighted by Gasteiger charge is 2.13. The molecule has 1 aliphatic rings. The van der Waals surface area contributed by atoms with Gasteiger partial charge in [0.05, 0.1) is 0 Å². The molecule has 1 saturated heterocycles. The van der Waals surface area contributed by atoms with E-state index < -0.39 is 0 Å². The van der Waals surface area contributed by atoms with E-state index in [2.05, 4.69) is 28.6 Å². The van der Waals surface area contributed by atoms with Crippen LogP contribution in [0.3, 0.4) is 0 Å². The van der Waals surface area contributed by atoms with Crippen molar-refractivity contribution in [2.75, 3.05) is 39.3 Å². The van der Waals surface area contributed by atoms with Crippen molar-refractivity contribution in [3.8, 4) is 11.8 Å². The molecule has 0 aromatic heterocycles. The number of rotatable bonds is 4. The van der Waals surface area contributed by atoms with Crippen LogP contribution >= 0.6 is 0 Å². The summed E-state index contributed by atoms with van der Waals surface area (Å²) in [4.78, 5) is 5.08. The van der Waals surface area contributed by atoms with Crippen LogP contribution in [0.25, 0.3) is 0 Å². The Morgan fingerprint density at radius 2 is 1.71 bits per heavy atom. The van der Waals surface area contributed by atoms with Gasteiger partial charge in [-0.05, 0) is 26.4 Å². The van der Waals surface area contributed by atoms with Gasteiger partial charge in [-0.2, -0.15) is 0 Å². The predicted octanol–water partition coefficient (Wildman–Crippen LogP) is 1.43. The Bertz CT molecular complexity index is 194. The number of hydrogen-bond donors (Lipinski definition) is 0. The number of piperazine rings is 1. The van der Waals surface area contributed by atoms with Crippen molar-refractivity contribution in [2.24, 2.45) is 0 Å². The van der Waals surface area contributed by atoms with Crippen LogP contribution in [-0.4, -0.2) is 49.1 Å². The number of unbranched alkanes of at least 4 members (excludes halogenated alkanes) is 1. The first kappa shape index (κ1) is 11.6. The minimum absolute atomic E-state index is 1.06. The number of nitrogens with zero attached hydrogens (tertiary/aromatic N) is 2. The first-order chi connectivity index (χ1) is 6.86. The van der Waals surface area contributed by atoms with Gasteiger partial charge in [0.2, 0.25) is 0 Å². The Hall–Kier alpha value is -0.520. The molecule has 80 valence electrons. The van der Waals surface area contributed by atoms with Crippen LogP contribution in [0, 0.1) is 11.8 Å². The van der Waals surface area contributed by atoms with Crippen LogP contribution in [0.5, 0.6) is 0 Å². The second-order valence-corrected chi connectivity index (χ2v) is 3.81. The molecule has 0 N–H and O–H groups in total. The number of hydrogen-bond acceptors (Lipinski definition) is 2. The van der Waals surface area contributed by atoms with Gasteiger partial charge in [-0.15, -0.1) is 11.8 Å². The predicted molar refractivity (Wildman–Crippen MR) is 61.2 cm³/mol. The zero-order chi connectivity index (χ0) is 10.2. The van der Waals surface area contributed by atoms with E-state index in [4.69, 9.17) is 0 Å². The third-order valence-electron chi connectivity index (χ3n) is 2.87. The monoisotopic (exact) mass is 194 g/mol. The van der Waals surface area contributed by atoms with E-state index in [1.54, 1.807) is 0 Å². The Morgan fingerprint density at radius 3 is 2.29 bits per heavy atom. The van der Waals surface area contributed by atoms with Crippen LogP contribution in [0.4, 0.5) is 0 Å². The lowest BCUT2D eigenvalue weighted by Crippen LogP contribution is -2.46. The lowest BCUT2D eigenvalue weighted by molar-refractivity contribution is 0.136. The van der Waals surface area contributed by atoms with Crippen molar-refractivity contribution >= 4 is 0 Å². The van der Waals surface area contributed by atoms with Crippen LogP contribution in [0.1, 0.15) is 26.7 Å². The van der Waals surface area contributed by atoms with Crippen molar-refractivity contribution in [1.29, 1.82) is 0 Å². The van der Waals surface area contributed by atoms with Gasteiger partial charge >= 0.3 is 0 Å². The van der Waals surface area contributed by atoms with E-state index in [1.165, 1.54) is 45.7 Å². The highest BCUT2D eigenvalue weighted by Crippen LogP contribution is 2.02. The van der Waals surface area contributed by atoms with Gasteiger partial charge in [-0.1, -0.05) is 6.92 Å². The highest BCUT2D eigenvalue weighted by molar-refractivity contribution is 4.94. The van der Waals surface area contributed by atoms with Gasteiger partial charge in [-0.3, -0.25) is 0 Å². The fourth-order valence-electron chi connectivity index (χ4n) is 1.85. The van der Waals surface area contributed by atoms with E-state index in [-0.39, 0.29) is 0 Å². The largest absolute Gasteiger partial charge is 0.301 e.